The molecule has 1 aliphatic carbocycles. The highest BCUT2D eigenvalue weighted by Gasteiger charge is 2.36. The Morgan fingerprint density at radius 2 is 2.28 bits per heavy atom. The lowest BCUT2D eigenvalue weighted by Crippen LogP contribution is -2.44. The second-order valence-corrected chi connectivity index (χ2v) is 5.93. The van der Waals surface area contributed by atoms with Crippen LogP contribution in [0.15, 0.2) is 16.8 Å². The van der Waals surface area contributed by atoms with E-state index in [0.717, 1.165) is 25.5 Å². The van der Waals surface area contributed by atoms with E-state index in [1.54, 1.807) is 11.3 Å². The average Bonchev–Trinajstić information content (AvgIpc) is 3.09. The van der Waals surface area contributed by atoms with Crippen molar-refractivity contribution in [2.45, 2.75) is 51.7 Å². The van der Waals surface area contributed by atoms with E-state index in [0.29, 0.717) is 12.1 Å². The summed E-state index contributed by atoms with van der Waals surface area (Å²) >= 11 is 1.79. The van der Waals surface area contributed by atoms with Crippen LogP contribution in [0, 0.1) is 5.92 Å². The monoisotopic (exact) mass is 267 g/mol. The highest BCUT2D eigenvalue weighted by atomic mass is 32.1. The number of rotatable bonds is 9. The molecule has 102 valence electrons. The van der Waals surface area contributed by atoms with Crippen LogP contribution in [0.3, 0.4) is 0 Å². The molecule has 1 fully saturated rings. The van der Waals surface area contributed by atoms with Crippen molar-refractivity contribution in [2.24, 2.45) is 5.92 Å². The molecular formula is C15H25NOS. The molecule has 1 N–H and O–H groups in total. The molecule has 0 radical (unpaired) electrons. The van der Waals surface area contributed by atoms with Gasteiger partial charge in [0.15, 0.2) is 0 Å². The summed E-state index contributed by atoms with van der Waals surface area (Å²) in [4.78, 5) is 0. The van der Waals surface area contributed by atoms with Crippen molar-refractivity contribution in [3.63, 3.8) is 0 Å². The van der Waals surface area contributed by atoms with Crippen LogP contribution in [0.5, 0.6) is 0 Å². The Morgan fingerprint density at radius 3 is 2.83 bits per heavy atom. The van der Waals surface area contributed by atoms with Crippen LogP contribution >= 0.6 is 11.3 Å². The molecule has 0 aromatic carbocycles. The van der Waals surface area contributed by atoms with Crippen LogP contribution in [-0.2, 0) is 11.2 Å². The molecular weight excluding hydrogens is 242 g/mol. The molecule has 0 bridgehead atoms. The third-order valence-corrected chi connectivity index (χ3v) is 4.27. The molecule has 0 aliphatic heterocycles. The Bertz CT molecular complexity index is 321. The predicted molar refractivity (Wildman–Crippen MR) is 78.2 cm³/mol. The Morgan fingerprint density at radius 1 is 1.44 bits per heavy atom. The van der Waals surface area contributed by atoms with E-state index in [-0.39, 0.29) is 0 Å². The topological polar surface area (TPSA) is 21.3 Å². The van der Waals surface area contributed by atoms with Crippen LogP contribution in [0.4, 0.5) is 0 Å². The Hall–Kier alpha value is -0.380. The van der Waals surface area contributed by atoms with Gasteiger partial charge in [0.2, 0.25) is 0 Å². The van der Waals surface area contributed by atoms with Crippen molar-refractivity contribution in [3.8, 4) is 0 Å². The first-order chi connectivity index (χ1) is 8.85. The lowest BCUT2D eigenvalue weighted by Gasteiger charge is -2.28. The van der Waals surface area contributed by atoms with Gasteiger partial charge in [0.05, 0.1) is 6.10 Å². The summed E-state index contributed by atoms with van der Waals surface area (Å²) in [5.41, 5.74) is 1.44. The second-order valence-electron chi connectivity index (χ2n) is 5.15. The van der Waals surface area contributed by atoms with E-state index in [9.17, 15) is 0 Å². The summed E-state index contributed by atoms with van der Waals surface area (Å²) in [7, 11) is 0. The SMILES string of the molecule is CCCNC(Cc1ccsc1)C(OCC)C1CC1. The maximum Gasteiger partial charge on any atom is 0.0759 e. The molecule has 2 atom stereocenters. The minimum atomic E-state index is 0.404. The van der Waals surface area contributed by atoms with Crippen molar-refractivity contribution in [3.05, 3.63) is 22.4 Å². The highest BCUT2D eigenvalue weighted by Crippen LogP contribution is 2.36. The van der Waals surface area contributed by atoms with Crippen molar-refractivity contribution in [1.29, 1.82) is 0 Å². The minimum absolute atomic E-state index is 0.404. The minimum Gasteiger partial charge on any atom is -0.377 e. The van der Waals surface area contributed by atoms with E-state index in [1.807, 2.05) is 0 Å². The summed E-state index contributed by atoms with van der Waals surface area (Å²) < 4.78 is 6.01. The van der Waals surface area contributed by atoms with Gasteiger partial charge in [0.25, 0.3) is 0 Å². The fraction of sp³-hybridized carbons (Fsp3) is 0.733. The van der Waals surface area contributed by atoms with Gasteiger partial charge in [-0.05, 0) is 67.5 Å². The zero-order chi connectivity index (χ0) is 12.8. The molecule has 1 heterocycles. The van der Waals surface area contributed by atoms with E-state index >= 15 is 0 Å². The first kappa shape index (κ1) is 14.0. The van der Waals surface area contributed by atoms with E-state index in [1.165, 1.54) is 24.8 Å². The van der Waals surface area contributed by atoms with E-state index in [4.69, 9.17) is 4.74 Å². The Balaban J connectivity index is 1.97. The number of nitrogens with one attached hydrogen (secondary N) is 1. The Kier molecular flexibility index (Phi) is 5.67. The van der Waals surface area contributed by atoms with Gasteiger partial charge >= 0.3 is 0 Å². The van der Waals surface area contributed by atoms with Crippen LogP contribution in [-0.4, -0.2) is 25.3 Å². The summed E-state index contributed by atoms with van der Waals surface area (Å²) in [5.74, 6) is 0.790. The molecule has 0 spiro atoms. The molecule has 1 saturated carbocycles. The largest absolute Gasteiger partial charge is 0.377 e. The third kappa shape index (κ3) is 4.08. The third-order valence-electron chi connectivity index (χ3n) is 3.53. The number of hydrogen-bond acceptors (Lipinski definition) is 3. The molecule has 2 rings (SSSR count). The molecule has 3 heteroatoms. The van der Waals surface area contributed by atoms with Gasteiger partial charge in [-0.1, -0.05) is 6.92 Å². The van der Waals surface area contributed by atoms with Gasteiger partial charge in [0, 0.05) is 12.6 Å². The number of thiophene rings is 1. The molecule has 1 aromatic heterocycles. The molecule has 1 aromatic rings. The summed E-state index contributed by atoms with van der Waals surface area (Å²) in [6.07, 6.45) is 5.38. The van der Waals surface area contributed by atoms with Crippen molar-refractivity contribution in [2.75, 3.05) is 13.2 Å². The van der Waals surface area contributed by atoms with Gasteiger partial charge in [-0.15, -0.1) is 0 Å². The van der Waals surface area contributed by atoms with Crippen LogP contribution < -0.4 is 5.32 Å². The second kappa shape index (κ2) is 7.27. The summed E-state index contributed by atoms with van der Waals surface area (Å²) in [6.45, 7) is 6.25. The zero-order valence-corrected chi connectivity index (χ0v) is 12.3. The quantitative estimate of drug-likeness (QED) is 0.739. The van der Waals surface area contributed by atoms with Crippen LogP contribution in [0.25, 0.3) is 0 Å². The standard InChI is InChI=1S/C15H25NOS/c1-3-8-16-14(10-12-7-9-18-11-12)15(17-4-2)13-5-6-13/h7,9,11,13-16H,3-6,8,10H2,1-2H3. The van der Waals surface area contributed by atoms with E-state index < -0.39 is 0 Å². The van der Waals surface area contributed by atoms with Gasteiger partial charge in [0.1, 0.15) is 0 Å². The molecule has 2 nitrogen and oxygen atoms in total. The maximum atomic E-state index is 6.01. The number of hydrogen-bond donors (Lipinski definition) is 1. The van der Waals surface area contributed by atoms with Gasteiger partial charge < -0.3 is 10.1 Å². The van der Waals surface area contributed by atoms with Crippen molar-refractivity contribution < 1.29 is 4.74 Å². The molecule has 0 saturated heterocycles. The molecule has 1 aliphatic rings. The molecule has 2 unspecified atom stereocenters. The highest BCUT2D eigenvalue weighted by molar-refractivity contribution is 7.07. The molecule has 0 amide bonds. The maximum absolute atomic E-state index is 6.01. The number of ether oxygens (including phenoxy) is 1. The Labute approximate surface area is 115 Å². The van der Waals surface area contributed by atoms with Crippen LogP contribution in [0.2, 0.25) is 0 Å². The summed E-state index contributed by atoms with van der Waals surface area (Å²) in [6, 6.07) is 2.72. The lowest BCUT2D eigenvalue weighted by molar-refractivity contribution is 0.0192. The summed E-state index contributed by atoms with van der Waals surface area (Å²) in [5, 5.41) is 8.12. The predicted octanol–water partition coefficient (Wildman–Crippen LogP) is 3.47. The fourth-order valence-corrected chi connectivity index (χ4v) is 3.18. The van der Waals surface area contributed by atoms with Gasteiger partial charge in [-0.3, -0.25) is 0 Å². The van der Waals surface area contributed by atoms with Crippen molar-refractivity contribution in [1.82, 2.24) is 5.32 Å². The average molecular weight is 267 g/mol. The van der Waals surface area contributed by atoms with Gasteiger partial charge in [-0.25, -0.2) is 0 Å². The molecule has 18 heavy (non-hydrogen) atoms. The first-order valence-electron chi connectivity index (χ1n) is 7.21. The van der Waals surface area contributed by atoms with Gasteiger partial charge in [-0.2, -0.15) is 11.3 Å². The smallest absolute Gasteiger partial charge is 0.0759 e. The zero-order valence-electron chi connectivity index (χ0n) is 11.5. The van der Waals surface area contributed by atoms with Crippen molar-refractivity contribution >= 4 is 11.3 Å². The lowest BCUT2D eigenvalue weighted by atomic mass is 9.99. The van der Waals surface area contributed by atoms with Crippen LogP contribution in [0.1, 0.15) is 38.7 Å². The normalized spacial score (nSPS) is 18.8. The fourth-order valence-electron chi connectivity index (χ4n) is 2.49. The first-order valence-corrected chi connectivity index (χ1v) is 8.15. The van der Waals surface area contributed by atoms with E-state index in [2.05, 4.69) is 36.0 Å².